The zero-order valence-corrected chi connectivity index (χ0v) is 11.4. The highest BCUT2D eigenvalue weighted by Gasteiger charge is 2.32. The number of rotatable bonds is 4. The summed E-state index contributed by atoms with van der Waals surface area (Å²) in [4.78, 5) is 13.4. The number of amides is 1. The molecule has 0 bridgehead atoms. The Morgan fingerprint density at radius 2 is 2.37 bits per heavy atom. The van der Waals surface area contributed by atoms with Crippen LogP contribution in [0.5, 0.6) is 0 Å². The number of aromatic nitrogens is 3. The summed E-state index contributed by atoms with van der Waals surface area (Å²) in [6, 6.07) is -0.265. The molecule has 0 aliphatic carbocycles. The fourth-order valence-electron chi connectivity index (χ4n) is 2.02. The molecule has 106 valence electrons. The average molecular weight is 288 g/mol. The van der Waals surface area contributed by atoms with Gasteiger partial charge in [0.15, 0.2) is 9.84 Å². The molecule has 1 aromatic heterocycles. The molecule has 0 radical (unpaired) electrons. The maximum absolute atomic E-state index is 12.0. The van der Waals surface area contributed by atoms with E-state index in [9.17, 15) is 13.2 Å². The minimum absolute atomic E-state index is 0.0138. The van der Waals surface area contributed by atoms with Crippen LogP contribution < -0.4 is 0 Å². The van der Waals surface area contributed by atoms with Crippen LogP contribution in [0.3, 0.4) is 0 Å². The minimum atomic E-state index is -3.01. The zero-order chi connectivity index (χ0) is 14.0. The Morgan fingerprint density at radius 1 is 1.63 bits per heavy atom. The maximum atomic E-state index is 12.0. The summed E-state index contributed by atoms with van der Waals surface area (Å²) < 4.78 is 24.1. The van der Waals surface area contributed by atoms with Crippen LogP contribution in [-0.2, 0) is 27.8 Å². The normalized spacial score (nSPS) is 21.5. The van der Waals surface area contributed by atoms with E-state index in [2.05, 4.69) is 10.3 Å². The monoisotopic (exact) mass is 288 g/mol. The number of aliphatic hydroxyl groups is 1. The van der Waals surface area contributed by atoms with Crippen molar-refractivity contribution in [3.8, 4) is 0 Å². The molecule has 1 atom stereocenters. The lowest BCUT2D eigenvalue weighted by Crippen LogP contribution is -2.39. The third kappa shape index (κ3) is 3.29. The van der Waals surface area contributed by atoms with Gasteiger partial charge in [-0.15, -0.1) is 5.10 Å². The molecule has 1 N–H and O–H groups in total. The van der Waals surface area contributed by atoms with Gasteiger partial charge in [0.1, 0.15) is 12.2 Å². The highest BCUT2D eigenvalue weighted by Crippen LogP contribution is 2.16. The number of carbonyl (C=O) groups is 1. The van der Waals surface area contributed by atoms with Crippen LogP contribution in [0.4, 0.5) is 0 Å². The lowest BCUT2D eigenvalue weighted by Gasteiger charge is -2.23. The van der Waals surface area contributed by atoms with Crippen LogP contribution >= 0.6 is 0 Å². The van der Waals surface area contributed by atoms with Gasteiger partial charge in [-0.2, -0.15) is 0 Å². The molecule has 1 aliphatic rings. The highest BCUT2D eigenvalue weighted by molar-refractivity contribution is 7.91. The predicted octanol–water partition coefficient (Wildman–Crippen LogP) is -1.58. The fourth-order valence-corrected chi connectivity index (χ4v) is 3.80. The first-order chi connectivity index (χ1) is 8.91. The van der Waals surface area contributed by atoms with Gasteiger partial charge in [-0.1, -0.05) is 5.21 Å². The number of aliphatic hydroxyl groups excluding tert-OH is 1. The molecular formula is C10H16N4O4S. The summed E-state index contributed by atoms with van der Waals surface area (Å²) in [5.41, 5.74) is 0.388. The molecule has 19 heavy (non-hydrogen) atoms. The molecule has 1 aliphatic heterocycles. The Hall–Kier alpha value is -1.48. The molecule has 1 saturated heterocycles. The van der Waals surface area contributed by atoms with E-state index in [0.29, 0.717) is 12.1 Å². The quantitative estimate of drug-likeness (QED) is 0.716. The second kappa shape index (κ2) is 5.25. The summed E-state index contributed by atoms with van der Waals surface area (Å²) in [6.07, 6.45) is 1.96. The first-order valence-corrected chi connectivity index (χ1v) is 7.69. The van der Waals surface area contributed by atoms with Gasteiger partial charge in [0.25, 0.3) is 0 Å². The van der Waals surface area contributed by atoms with E-state index >= 15 is 0 Å². The van der Waals surface area contributed by atoms with E-state index in [1.807, 2.05) is 0 Å². The molecule has 9 heteroatoms. The molecule has 1 unspecified atom stereocenters. The van der Waals surface area contributed by atoms with Gasteiger partial charge in [-0.05, 0) is 6.42 Å². The van der Waals surface area contributed by atoms with Crippen molar-refractivity contribution in [2.75, 3.05) is 18.6 Å². The van der Waals surface area contributed by atoms with Gasteiger partial charge in [0.05, 0.1) is 24.3 Å². The highest BCUT2D eigenvalue weighted by atomic mass is 32.2. The van der Waals surface area contributed by atoms with Crippen LogP contribution in [0.2, 0.25) is 0 Å². The SMILES string of the molecule is CN(C(=O)Cn1cc(CO)nn1)C1CCS(=O)(=O)C1. The number of likely N-dealkylation sites (N-methyl/N-ethyl adjacent to an activating group) is 1. The number of nitrogens with zero attached hydrogens (tertiary/aromatic N) is 4. The van der Waals surface area contributed by atoms with Gasteiger partial charge in [-0.3, -0.25) is 4.79 Å². The summed E-state index contributed by atoms with van der Waals surface area (Å²) in [6.45, 7) is -0.245. The average Bonchev–Trinajstić information content (AvgIpc) is 2.94. The Morgan fingerprint density at radius 3 is 2.89 bits per heavy atom. The van der Waals surface area contributed by atoms with Gasteiger partial charge in [-0.25, -0.2) is 13.1 Å². The summed E-state index contributed by atoms with van der Waals surface area (Å²) >= 11 is 0. The second-order valence-electron chi connectivity index (χ2n) is 4.63. The molecule has 0 aromatic carbocycles. The minimum Gasteiger partial charge on any atom is -0.390 e. The van der Waals surface area contributed by atoms with Crippen molar-refractivity contribution in [3.63, 3.8) is 0 Å². The first kappa shape index (κ1) is 13.9. The van der Waals surface area contributed by atoms with Crippen LogP contribution in [0.15, 0.2) is 6.20 Å². The van der Waals surface area contributed by atoms with Gasteiger partial charge < -0.3 is 10.0 Å². The van der Waals surface area contributed by atoms with Crippen LogP contribution in [0, 0.1) is 0 Å². The Bertz CT molecular complexity index is 568. The smallest absolute Gasteiger partial charge is 0.244 e. The van der Waals surface area contributed by atoms with Crippen LogP contribution in [-0.4, -0.2) is 63.9 Å². The van der Waals surface area contributed by atoms with Crippen molar-refractivity contribution < 1.29 is 18.3 Å². The maximum Gasteiger partial charge on any atom is 0.244 e. The van der Waals surface area contributed by atoms with E-state index < -0.39 is 9.84 Å². The molecule has 1 aromatic rings. The number of carbonyl (C=O) groups excluding carboxylic acids is 1. The van der Waals surface area contributed by atoms with E-state index in [1.165, 1.54) is 15.8 Å². The molecular weight excluding hydrogens is 272 g/mol. The summed E-state index contributed by atoms with van der Waals surface area (Å²) in [7, 11) is -1.41. The molecule has 1 fully saturated rings. The Kier molecular flexibility index (Phi) is 3.85. The molecule has 0 saturated carbocycles. The van der Waals surface area contributed by atoms with Crippen molar-refractivity contribution >= 4 is 15.7 Å². The van der Waals surface area contributed by atoms with E-state index in [-0.39, 0.29) is 36.6 Å². The number of sulfone groups is 1. The Balaban J connectivity index is 1.96. The van der Waals surface area contributed by atoms with Gasteiger partial charge in [0, 0.05) is 13.1 Å². The van der Waals surface area contributed by atoms with Crippen LogP contribution in [0.1, 0.15) is 12.1 Å². The number of hydrogen-bond acceptors (Lipinski definition) is 6. The molecule has 8 nitrogen and oxygen atoms in total. The van der Waals surface area contributed by atoms with Crippen molar-refractivity contribution in [3.05, 3.63) is 11.9 Å². The second-order valence-corrected chi connectivity index (χ2v) is 6.86. The van der Waals surface area contributed by atoms with Crippen molar-refractivity contribution in [2.45, 2.75) is 25.6 Å². The summed E-state index contributed by atoms with van der Waals surface area (Å²) in [5.74, 6) is -0.0709. The van der Waals surface area contributed by atoms with E-state index in [4.69, 9.17) is 5.11 Å². The van der Waals surface area contributed by atoms with Crippen LogP contribution in [0.25, 0.3) is 0 Å². The topological polar surface area (TPSA) is 105 Å². The number of hydrogen-bond donors (Lipinski definition) is 1. The first-order valence-electron chi connectivity index (χ1n) is 5.87. The van der Waals surface area contributed by atoms with Gasteiger partial charge in [0.2, 0.25) is 5.91 Å². The van der Waals surface area contributed by atoms with Crippen molar-refractivity contribution in [2.24, 2.45) is 0 Å². The zero-order valence-electron chi connectivity index (χ0n) is 10.6. The molecule has 2 heterocycles. The summed E-state index contributed by atoms with van der Waals surface area (Å²) in [5, 5.41) is 16.2. The molecule has 0 spiro atoms. The lowest BCUT2D eigenvalue weighted by molar-refractivity contribution is -0.132. The predicted molar refractivity (Wildman–Crippen MR) is 65.8 cm³/mol. The largest absolute Gasteiger partial charge is 0.390 e. The van der Waals surface area contributed by atoms with Crippen molar-refractivity contribution in [1.29, 1.82) is 0 Å². The van der Waals surface area contributed by atoms with Crippen molar-refractivity contribution in [1.82, 2.24) is 19.9 Å². The Labute approximate surface area is 110 Å². The molecule has 1 amide bonds. The lowest BCUT2D eigenvalue weighted by atomic mass is 10.2. The standard InChI is InChI=1S/C10H16N4O4S/c1-13(9-2-3-19(17,18)7-9)10(16)5-14-4-8(6-15)11-12-14/h4,9,15H,2-3,5-7H2,1H3. The van der Waals surface area contributed by atoms with Gasteiger partial charge >= 0.3 is 0 Å². The van der Waals surface area contributed by atoms with E-state index in [0.717, 1.165) is 0 Å². The fraction of sp³-hybridized carbons (Fsp3) is 0.700. The third-order valence-corrected chi connectivity index (χ3v) is 4.95. The molecule has 2 rings (SSSR count). The third-order valence-electron chi connectivity index (χ3n) is 3.19. The van der Waals surface area contributed by atoms with E-state index in [1.54, 1.807) is 7.05 Å².